The van der Waals surface area contributed by atoms with Crippen LogP contribution in [0.25, 0.3) is 0 Å². The molecule has 0 aliphatic heterocycles. The third-order valence-electron chi connectivity index (χ3n) is 2.49. The van der Waals surface area contributed by atoms with Crippen LogP contribution in [-0.2, 0) is 6.42 Å². The molecule has 0 amide bonds. The average Bonchev–Trinajstić information content (AvgIpc) is 2.61. The smallest absolute Gasteiger partial charge is 0.0931 e. The Morgan fingerprint density at radius 2 is 2.12 bits per heavy atom. The van der Waals surface area contributed by atoms with Gasteiger partial charge in [0.25, 0.3) is 0 Å². The van der Waals surface area contributed by atoms with E-state index >= 15 is 0 Å². The molecule has 2 nitrogen and oxygen atoms in total. The van der Waals surface area contributed by atoms with Crippen molar-refractivity contribution >= 4 is 22.9 Å². The lowest BCUT2D eigenvalue weighted by Gasteiger charge is -2.28. The number of aliphatic hydroxyl groups excluding tert-OH is 1. The number of likely N-dealkylation sites (N-methyl/N-ethyl adjacent to an activating group) is 1. The van der Waals surface area contributed by atoms with Gasteiger partial charge in [-0.1, -0.05) is 25.4 Å². The van der Waals surface area contributed by atoms with Crippen molar-refractivity contribution in [2.75, 3.05) is 26.7 Å². The summed E-state index contributed by atoms with van der Waals surface area (Å²) in [6, 6.07) is 4.03. The van der Waals surface area contributed by atoms with Gasteiger partial charge in [-0.2, -0.15) is 0 Å². The van der Waals surface area contributed by atoms with Crippen LogP contribution in [0.2, 0.25) is 4.34 Å². The van der Waals surface area contributed by atoms with Crippen LogP contribution in [0, 0.1) is 5.41 Å². The van der Waals surface area contributed by atoms with Gasteiger partial charge in [0.15, 0.2) is 0 Å². The van der Waals surface area contributed by atoms with E-state index in [1.165, 1.54) is 4.88 Å². The van der Waals surface area contributed by atoms with E-state index in [4.69, 9.17) is 11.6 Å². The van der Waals surface area contributed by atoms with E-state index in [0.717, 1.165) is 23.8 Å². The molecule has 0 aromatic carbocycles. The molecule has 92 valence electrons. The second-order valence-corrected chi connectivity index (χ2v) is 6.82. The zero-order valence-corrected chi connectivity index (χ0v) is 11.7. The van der Waals surface area contributed by atoms with Gasteiger partial charge in [-0.05, 0) is 25.6 Å². The summed E-state index contributed by atoms with van der Waals surface area (Å²) < 4.78 is 0.855. The summed E-state index contributed by atoms with van der Waals surface area (Å²) in [5.41, 5.74) is -0.0259. The maximum atomic E-state index is 9.19. The van der Waals surface area contributed by atoms with E-state index < -0.39 is 0 Å². The van der Waals surface area contributed by atoms with Crippen molar-refractivity contribution in [3.8, 4) is 0 Å². The van der Waals surface area contributed by atoms with Crippen LogP contribution in [0.1, 0.15) is 18.7 Å². The predicted octanol–water partition coefficient (Wildman–Crippen LogP) is 2.89. The van der Waals surface area contributed by atoms with Crippen LogP contribution >= 0.6 is 22.9 Å². The normalized spacial score (nSPS) is 12.4. The molecule has 0 spiro atoms. The van der Waals surface area contributed by atoms with E-state index in [9.17, 15) is 5.11 Å². The predicted molar refractivity (Wildman–Crippen MR) is 71.4 cm³/mol. The molecule has 1 aromatic rings. The Morgan fingerprint density at radius 3 is 2.62 bits per heavy atom. The zero-order valence-electron chi connectivity index (χ0n) is 10.2. The topological polar surface area (TPSA) is 23.5 Å². The molecule has 1 rings (SSSR count). The molecule has 0 atom stereocenters. The van der Waals surface area contributed by atoms with E-state index in [-0.39, 0.29) is 12.0 Å². The zero-order chi connectivity index (χ0) is 12.2. The van der Waals surface area contributed by atoms with Gasteiger partial charge >= 0.3 is 0 Å². The largest absolute Gasteiger partial charge is 0.396 e. The minimum atomic E-state index is -0.0259. The molecule has 1 N–H and O–H groups in total. The highest BCUT2D eigenvalue weighted by Gasteiger charge is 2.18. The summed E-state index contributed by atoms with van der Waals surface area (Å²) in [5, 5.41) is 9.19. The van der Waals surface area contributed by atoms with Gasteiger partial charge in [0.2, 0.25) is 0 Å². The fraction of sp³-hybridized carbons (Fsp3) is 0.667. The van der Waals surface area contributed by atoms with Crippen LogP contribution < -0.4 is 0 Å². The first-order valence-corrected chi connectivity index (χ1v) is 6.66. The molecule has 0 aliphatic carbocycles. The fourth-order valence-electron chi connectivity index (χ4n) is 1.65. The molecule has 0 fully saturated rings. The van der Waals surface area contributed by atoms with Gasteiger partial charge in [0, 0.05) is 30.0 Å². The molecular weight excluding hydrogens is 242 g/mol. The van der Waals surface area contributed by atoms with Crippen LogP contribution in [0.15, 0.2) is 12.1 Å². The second-order valence-electron chi connectivity index (χ2n) is 5.02. The average molecular weight is 262 g/mol. The van der Waals surface area contributed by atoms with E-state index in [1.54, 1.807) is 11.3 Å². The summed E-state index contributed by atoms with van der Waals surface area (Å²) in [6.45, 7) is 6.28. The van der Waals surface area contributed by atoms with Crippen LogP contribution in [-0.4, -0.2) is 36.8 Å². The van der Waals surface area contributed by atoms with Crippen molar-refractivity contribution in [3.63, 3.8) is 0 Å². The highest BCUT2D eigenvalue weighted by atomic mass is 35.5. The Hall–Kier alpha value is -0.0900. The fourth-order valence-corrected chi connectivity index (χ4v) is 2.72. The maximum absolute atomic E-state index is 9.19. The number of rotatable bonds is 6. The second kappa shape index (κ2) is 6.01. The van der Waals surface area contributed by atoms with Gasteiger partial charge in [-0.15, -0.1) is 11.3 Å². The van der Waals surface area contributed by atoms with Crippen molar-refractivity contribution < 1.29 is 5.11 Å². The highest BCUT2D eigenvalue weighted by molar-refractivity contribution is 7.16. The van der Waals surface area contributed by atoms with Crippen molar-refractivity contribution in [3.05, 3.63) is 21.3 Å². The number of hydrogen-bond acceptors (Lipinski definition) is 3. The number of hydrogen-bond donors (Lipinski definition) is 1. The summed E-state index contributed by atoms with van der Waals surface area (Å²) in [7, 11) is 2.09. The molecule has 1 heterocycles. The lowest BCUT2D eigenvalue weighted by Crippen LogP contribution is -2.34. The molecule has 0 radical (unpaired) electrons. The van der Waals surface area contributed by atoms with Crippen LogP contribution in [0.4, 0.5) is 0 Å². The molecule has 0 bridgehead atoms. The van der Waals surface area contributed by atoms with Crippen molar-refractivity contribution in [1.82, 2.24) is 4.90 Å². The molecule has 1 aromatic heterocycles. The lowest BCUT2D eigenvalue weighted by atomic mass is 9.94. The number of aliphatic hydroxyl groups is 1. The van der Waals surface area contributed by atoms with Crippen molar-refractivity contribution in [2.24, 2.45) is 5.41 Å². The Balaban J connectivity index is 2.33. The molecular formula is C12H20ClNOS. The number of nitrogens with zero attached hydrogens (tertiary/aromatic N) is 1. The Labute approximate surface area is 107 Å². The molecule has 16 heavy (non-hydrogen) atoms. The van der Waals surface area contributed by atoms with E-state index in [1.807, 2.05) is 6.07 Å². The Kier molecular flexibility index (Phi) is 5.25. The lowest BCUT2D eigenvalue weighted by molar-refractivity contribution is 0.116. The highest BCUT2D eigenvalue weighted by Crippen LogP contribution is 2.22. The molecule has 0 saturated heterocycles. The van der Waals surface area contributed by atoms with E-state index in [2.05, 4.69) is 31.9 Å². The van der Waals surface area contributed by atoms with Gasteiger partial charge in [0.05, 0.1) is 4.34 Å². The number of halogens is 1. The van der Waals surface area contributed by atoms with Gasteiger partial charge in [-0.3, -0.25) is 0 Å². The van der Waals surface area contributed by atoms with Crippen LogP contribution in [0.5, 0.6) is 0 Å². The third-order valence-corrected chi connectivity index (χ3v) is 3.79. The molecule has 0 aliphatic rings. The number of thiophene rings is 1. The molecule has 0 saturated carbocycles. The first-order chi connectivity index (χ1) is 7.43. The third kappa shape index (κ3) is 4.83. The quantitative estimate of drug-likeness (QED) is 0.851. The summed E-state index contributed by atoms with van der Waals surface area (Å²) >= 11 is 7.52. The van der Waals surface area contributed by atoms with Crippen molar-refractivity contribution in [2.45, 2.75) is 20.3 Å². The summed E-state index contributed by atoms with van der Waals surface area (Å²) in [4.78, 5) is 3.57. The minimum Gasteiger partial charge on any atom is -0.396 e. The summed E-state index contributed by atoms with van der Waals surface area (Å²) in [5.74, 6) is 0. The Bertz CT molecular complexity index is 325. The first kappa shape index (κ1) is 14.0. The first-order valence-electron chi connectivity index (χ1n) is 5.46. The summed E-state index contributed by atoms with van der Waals surface area (Å²) in [6.07, 6.45) is 1.02. The molecule has 4 heteroatoms. The Morgan fingerprint density at radius 1 is 1.44 bits per heavy atom. The van der Waals surface area contributed by atoms with Crippen molar-refractivity contribution in [1.29, 1.82) is 0 Å². The monoisotopic (exact) mass is 261 g/mol. The van der Waals surface area contributed by atoms with Gasteiger partial charge in [0.1, 0.15) is 0 Å². The maximum Gasteiger partial charge on any atom is 0.0931 e. The minimum absolute atomic E-state index is 0.0259. The standard InChI is InChI=1S/C12H20ClNOS/c1-12(2,9-15)8-14(3)7-6-10-4-5-11(13)16-10/h4-5,15H,6-9H2,1-3H3. The van der Waals surface area contributed by atoms with Gasteiger partial charge in [-0.25, -0.2) is 0 Å². The SMILES string of the molecule is CN(CCc1ccc(Cl)s1)CC(C)(C)CO. The van der Waals surface area contributed by atoms with Crippen LogP contribution in [0.3, 0.4) is 0 Å². The molecule has 0 unspecified atom stereocenters. The van der Waals surface area contributed by atoms with E-state index in [0.29, 0.717) is 0 Å². The van der Waals surface area contributed by atoms with Gasteiger partial charge < -0.3 is 10.0 Å².